The van der Waals surface area contributed by atoms with Crippen LogP contribution in [0.1, 0.15) is 5.56 Å². The van der Waals surface area contributed by atoms with Gasteiger partial charge in [-0.2, -0.15) is 0 Å². The first-order valence-corrected chi connectivity index (χ1v) is 4.09. The van der Waals surface area contributed by atoms with Gasteiger partial charge in [-0.05, 0) is 17.7 Å². The molecule has 4 N–H and O–H groups in total. The van der Waals surface area contributed by atoms with Crippen LogP contribution in [0.25, 0.3) is 0 Å². The van der Waals surface area contributed by atoms with Crippen molar-refractivity contribution >= 4 is 5.96 Å². The van der Waals surface area contributed by atoms with E-state index in [4.69, 9.17) is 15.7 Å². The number of hydrogen-bond donors (Lipinski definition) is 3. The van der Waals surface area contributed by atoms with Gasteiger partial charge < -0.3 is 10.5 Å². The number of ether oxygens (including phenoxy) is 1. The number of guanidine groups is 1. The Hall–Kier alpha value is -1.75. The largest absolute Gasteiger partial charge is 0.497 e. The smallest absolute Gasteiger partial charge is 0.213 e. The SMILES string of the molecule is COc1cccc(CN=C(N)NO)c1. The Morgan fingerprint density at radius 3 is 3.07 bits per heavy atom. The van der Waals surface area contributed by atoms with Crippen LogP contribution in [0.3, 0.4) is 0 Å². The third kappa shape index (κ3) is 2.95. The predicted molar refractivity (Wildman–Crippen MR) is 53.2 cm³/mol. The molecule has 0 spiro atoms. The van der Waals surface area contributed by atoms with Crippen LogP contribution in [0.15, 0.2) is 29.3 Å². The number of nitrogens with two attached hydrogens (primary N) is 1. The minimum atomic E-state index is -0.00665. The van der Waals surface area contributed by atoms with Gasteiger partial charge in [0, 0.05) is 0 Å². The average Bonchev–Trinajstić information content (AvgIpc) is 2.26. The topological polar surface area (TPSA) is 79.9 Å². The fourth-order valence-corrected chi connectivity index (χ4v) is 0.983. The van der Waals surface area contributed by atoms with Crippen molar-refractivity contribution in [2.75, 3.05) is 7.11 Å². The third-order valence-corrected chi connectivity index (χ3v) is 1.68. The fraction of sp³-hybridized carbons (Fsp3) is 0.222. The summed E-state index contributed by atoms with van der Waals surface area (Å²) < 4.78 is 5.04. The minimum absolute atomic E-state index is 0.00665. The first kappa shape index (κ1) is 10.3. The lowest BCUT2D eigenvalue weighted by Crippen LogP contribution is -2.28. The molecular weight excluding hydrogens is 182 g/mol. The van der Waals surface area contributed by atoms with Gasteiger partial charge in [0.05, 0.1) is 13.7 Å². The van der Waals surface area contributed by atoms with E-state index in [0.29, 0.717) is 6.54 Å². The summed E-state index contributed by atoms with van der Waals surface area (Å²) in [4.78, 5) is 3.87. The van der Waals surface area contributed by atoms with E-state index in [1.807, 2.05) is 24.3 Å². The van der Waals surface area contributed by atoms with Crippen LogP contribution < -0.4 is 16.0 Å². The molecule has 0 aliphatic rings. The maximum Gasteiger partial charge on any atom is 0.213 e. The standard InChI is InChI=1S/C9H13N3O2/c1-14-8-4-2-3-7(5-8)6-11-9(10)12-13/h2-5,13H,6H2,1H3,(H3,10,11,12). The average molecular weight is 195 g/mol. The van der Waals surface area contributed by atoms with Gasteiger partial charge in [-0.1, -0.05) is 12.1 Å². The molecular formula is C9H13N3O2. The van der Waals surface area contributed by atoms with Gasteiger partial charge in [0.15, 0.2) is 0 Å². The normalized spacial score (nSPS) is 11.1. The number of aliphatic imine (C=N–C) groups is 1. The molecule has 0 heterocycles. The van der Waals surface area contributed by atoms with E-state index in [1.54, 1.807) is 12.6 Å². The molecule has 76 valence electrons. The second-order valence-electron chi connectivity index (χ2n) is 2.66. The van der Waals surface area contributed by atoms with Gasteiger partial charge >= 0.3 is 0 Å². The van der Waals surface area contributed by atoms with E-state index < -0.39 is 0 Å². The lowest BCUT2D eigenvalue weighted by molar-refractivity contribution is 0.232. The first-order valence-electron chi connectivity index (χ1n) is 4.09. The Kier molecular flexibility index (Phi) is 3.75. The highest BCUT2D eigenvalue weighted by Crippen LogP contribution is 2.12. The monoisotopic (exact) mass is 195 g/mol. The van der Waals surface area contributed by atoms with Crippen molar-refractivity contribution in [2.45, 2.75) is 6.54 Å². The van der Waals surface area contributed by atoms with Crippen molar-refractivity contribution in [3.05, 3.63) is 29.8 Å². The van der Waals surface area contributed by atoms with E-state index in [1.165, 1.54) is 0 Å². The number of hydrogen-bond acceptors (Lipinski definition) is 3. The van der Waals surface area contributed by atoms with E-state index in [-0.39, 0.29) is 5.96 Å². The predicted octanol–water partition coefficient (Wildman–Crippen LogP) is 0.489. The molecule has 1 rings (SSSR count). The van der Waals surface area contributed by atoms with Crippen molar-refractivity contribution < 1.29 is 9.94 Å². The van der Waals surface area contributed by atoms with Crippen molar-refractivity contribution in [3.8, 4) is 5.75 Å². The number of nitrogens with zero attached hydrogens (tertiary/aromatic N) is 1. The Balaban J connectivity index is 2.67. The summed E-state index contributed by atoms with van der Waals surface area (Å²) in [7, 11) is 1.60. The zero-order chi connectivity index (χ0) is 10.4. The zero-order valence-corrected chi connectivity index (χ0v) is 7.90. The second-order valence-corrected chi connectivity index (χ2v) is 2.66. The van der Waals surface area contributed by atoms with E-state index >= 15 is 0 Å². The molecule has 0 aliphatic carbocycles. The van der Waals surface area contributed by atoms with Crippen molar-refractivity contribution in [1.82, 2.24) is 5.48 Å². The molecule has 1 aromatic carbocycles. The molecule has 0 saturated carbocycles. The molecule has 14 heavy (non-hydrogen) atoms. The highest BCUT2D eigenvalue weighted by molar-refractivity contribution is 5.76. The van der Waals surface area contributed by atoms with Gasteiger partial charge in [0.2, 0.25) is 5.96 Å². The molecule has 1 aromatic rings. The minimum Gasteiger partial charge on any atom is -0.497 e. The highest BCUT2D eigenvalue weighted by Gasteiger charge is 1.94. The molecule has 0 saturated heterocycles. The fourth-order valence-electron chi connectivity index (χ4n) is 0.983. The molecule has 0 unspecified atom stereocenters. The van der Waals surface area contributed by atoms with Crippen molar-refractivity contribution in [1.29, 1.82) is 0 Å². The van der Waals surface area contributed by atoms with Gasteiger partial charge in [-0.15, -0.1) is 0 Å². The summed E-state index contributed by atoms with van der Waals surface area (Å²) in [5, 5.41) is 8.38. The quantitative estimate of drug-likeness (QED) is 0.372. The maximum atomic E-state index is 8.38. The number of methoxy groups -OCH3 is 1. The number of hydroxylamine groups is 1. The molecule has 0 atom stereocenters. The number of benzene rings is 1. The highest BCUT2D eigenvalue weighted by atomic mass is 16.5. The maximum absolute atomic E-state index is 8.38. The molecule has 0 amide bonds. The Labute approximate surface area is 82.2 Å². The van der Waals surface area contributed by atoms with Gasteiger partial charge in [-0.25, -0.2) is 10.5 Å². The van der Waals surface area contributed by atoms with Crippen LogP contribution in [0, 0.1) is 0 Å². The van der Waals surface area contributed by atoms with Crippen LogP contribution in [0.2, 0.25) is 0 Å². The zero-order valence-electron chi connectivity index (χ0n) is 7.90. The molecule has 0 aromatic heterocycles. The third-order valence-electron chi connectivity index (χ3n) is 1.68. The lowest BCUT2D eigenvalue weighted by atomic mass is 10.2. The van der Waals surface area contributed by atoms with Gasteiger partial charge in [-0.3, -0.25) is 5.21 Å². The lowest BCUT2D eigenvalue weighted by Gasteiger charge is -2.02. The van der Waals surface area contributed by atoms with Crippen LogP contribution in [0.4, 0.5) is 0 Å². The Morgan fingerprint density at radius 1 is 1.64 bits per heavy atom. The summed E-state index contributed by atoms with van der Waals surface area (Å²) in [6.07, 6.45) is 0. The molecule has 0 bridgehead atoms. The molecule has 0 fully saturated rings. The second kappa shape index (κ2) is 5.08. The molecule has 0 radical (unpaired) electrons. The summed E-state index contributed by atoms with van der Waals surface area (Å²) in [6.45, 7) is 0.399. The summed E-state index contributed by atoms with van der Waals surface area (Å²) in [5.74, 6) is 0.765. The number of nitrogens with one attached hydrogen (secondary N) is 1. The van der Waals surface area contributed by atoms with Crippen molar-refractivity contribution in [2.24, 2.45) is 10.7 Å². The van der Waals surface area contributed by atoms with E-state index in [2.05, 4.69) is 4.99 Å². The summed E-state index contributed by atoms with van der Waals surface area (Å²) in [6, 6.07) is 7.47. The Morgan fingerprint density at radius 2 is 2.43 bits per heavy atom. The van der Waals surface area contributed by atoms with Gasteiger partial charge in [0.25, 0.3) is 0 Å². The summed E-state index contributed by atoms with van der Waals surface area (Å²) >= 11 is 0. The first-order chi connectivity index (χ1) is 6.76. The van der Waals surface area contributed by atoms with Crippen LogP contribution in [-0.2, 0) is 6.54 Å². The molecule has 5 nitrogen and oxygen atoms in total. The van der Waals surface area contributed by atoms with E-state index in [0.717, 1.165) is 11.3 Å². The van der Waals surface area contributed by atoms with Gasteiger partial charge in [0.1, 0.15) is 5.75 Å². The van der Waals surface area contributed by atoms with Crippen LogP contribution >= 0.6 is 0 Å². The Bertz CT molecular complexity index is 326. The van der Waals surface area contributed by atoms with Crippen LogP contribution in [-0.4, -0.2) is 18.3 Å². The molecule has 5 heteroatoms. The summed E-state index contributed by atoms with van der Waals surface area (Å²) in [5.41, 5.74) is 7.97. The van der Waals surface area contributed by atoms with Crippen molar-refractivity contribution in [3.63, 3.8) is 0 Å². The van der Waals surface area contributed by atoms with Crippen LogP contribution in [0.5, 0.6) is 5.75 Å². The molecule has 0 aliphatic heterocycles. The number of rotatable bonds is 3. The van der Waals surface area contributed by atoms with E-state index in [9.17, 15) is 0 Å².